The minimum Gasteiger partial charge on any atom is -0.469 e. The molecular weight excluding hydrogens is 292 g/mol. The summed E-state index contributed by atoms with van der Waals surface area (Å²) in [5.74, 6) is -0.472. The molecule has 0 aromatic carbocycles. The minimum atomic E-state index is -0.503. The summed E-state index contributed by atoms with van der Waals surface area (Å²) >= 11 is 5.23. The molecule has 0 aliphatic rings. The number of carbonyl (C=O) groups is 2. The van der Waals surface area contributed by atoms with E-state index in [0.29, 0.717) is 12.8 Å². The standard InChI is InChI=1S/C8H13ClO2.C8H14O2/c1-4-5-8(2,3)7(10)11-6-9;1-5-6-8(2,3)7(9)10-4/h4H,1,5-6H2,2-3H3;5H,1,6H2,2-4H3. The second-order valence-electron chi connectivity index (χ2n) is 5.79. The number of halogens is 1. The van der Waals surface area contributed by atoms with E-state index >= 15 is 0 Å². The molecule has 0 aromatic rings. The van der Waals surface area contributed by atoms with Crippen LogP contribution in [0.15, 0.2) is 25.3 Å². The van der Waals surface area contributed by atoms with E-state index in [2.05, 4.69) is 22.6 Å². The Labute approximate surface area is 133 Å². The molecule has 0 heterocycles. The smallest absolute Gasteiger partial charge is 0.313 e. The molecule has 0 radical (unpaired) electrons. The van der Waals surface area contributed by atoms with Crippen LogP contribution in [-0.2, 0) is 19.1 Å². The summed E-state index contributed by atoms with van der Waals surface area (Å²) in [5, 5.41) is 0. The summed E-state index contributed by atoms with van der Waals surface area (Å²) in [5.41, 5.74) is -0.923. The van der Waals surface area contributed by atoms with Gasteiger partial charge < -0.3 is 9.47 Å². The van der Waals surface area contributed by atoms with E-state index < -0.39 is 10.8 Å². The van der Waals surface area contributed by atoms with Gasteiger partial charge in [0, 0.05) is 0 Å². The average molecular weight is 319 g/mol. The van der Waals surface area contributed by atoms with Crippen LogP contribution in [0.1, 0.15) is 40.5 Å². The molecule has 0 aliphatic carbocycles. The van der Waals surface area contributed by atoms with Crippen LogP contribution < -0.4 is 0 Å². The first-order valence-corrected chi connectivity index (χ1v) is 7.16. The summed E-state index contributed by atoms with van der Waals surface area (Å²) in [4.78, 5) is 22.1. The van der Waals surface area contributed by atoms with Crippen molar-refractivity contribution in [3.05, 3.63) is 25.3 Å². The fraction of sp³-hybridized carbons (Fsp3) is 0.625. The number of esters is 2. The van der Waals surface area contributed by atoms with E-state index in [-0.39, 0.29) is 18.0 Å². The zero-order chi connectivity index (χ0) is 17.1. The molecule has 0 N–H and O–H groups in total. The molecule has 0 atom stereocenters. The predicted molar refractivity (Wildman–Crippen MR) is 86.0 cm³/mol. The molecule has 0 spiro atoms. The van der Waals surface area contributed by atoms with Crippen molar-refractivity contribution >= 4 is 23.5 Å². The van der Waals surface area contributed by atoms with Gasteiger partial charge in [-0.05, 0) is 40.5 Å². The van der Waals surface area contributed by atoms with Gasteiger partial charge in [-0.3, -0.25) is 9.59 Å². The Morgan fingerprint density at radius 1 is 1.00 bits per heavy atom. The van der Waals surface area contributed by atoms with Crippen molar-refractivity contribution in [3.8, 4) is 0 Å². The lowest BCUT2D eigenvalue weighted by Gasteiger charge is -2.19. The number of ether oxygens (including phenoxy) is 2. The van der Waals surface area contributed by atoms with Crippen LogP contribution in [0.3, 0.4) is 0 Å². The minimum absolute atomic E-state index is 0.0839. The monoisotopic (exact) mass is 318 g/mol. The fourth-order valence-electron chi connectivity index (χ4n) is 1.41. The third-order valence-corrected chi connectivity index (χ3v) is 2.89. The second kappa shape index (κ2) is 10.4. The number of hydrogen-bond acceptors (Lipinski definition) is 4. The predicted octanol–water partition coefficient (Wildman–Crippen LogP) is 4.09. The molecule has 0 aromatic heterocycles. The first-order chi connectivity index (χ1) is 9.58. The highest BCUT2D eigenvalue weighted by Gasteiger charge is 2.27. The zero-order valence-electron chi connectivity index (χ0n) is 13.7. The Bertz CT molecular complexity index is 359. The van der Waals surface area contributed by atoms with Gasteiger partial charge in [0.1, 0.15) is 0 Å². The molecule has 0 bridgehead atoms. The van der Waals surface area contributed by atoms with Crippen LogP contribution >= 0.6 is 11.6 Å². The lowest BCUT2D eigenvalue weighted by Crippen LogP contribution is -2.25. The van der Waals surface area contributed by atoms with Crippen LogP contribution in [0.4, 0.5) is 0 Å². The van der Waals surface area contributed by atoms with Crippen molar-refractivity contribution in [1.82, 2.24) is 0 Å². The van der Waals surface area contributed by atoms with Crippen molar-refractivity contribution in [3.63, 3.8) is 0 Å². The van der Waals surface area contributed by atoms with Gasteiger partial charge in [0.15, 0.2) is 6.07 Å². The quantitative estimate of drug-likeness (QED) is 0.403. The van der Waals surface area contributed by atoms with Crippen LogP contribution in [0, 0.1) is 10.8 Å². The van der Waals surface area contributed by atoms with Crippen LogP contribution in [0.2, 0.25) is 0 Å². The Kier molecular flexibility index (Phi) is 10.9. The highest BCUT2D eigenvalue weighted by atomic mass is 35.5. The molecule has 0 amide bonds. The Hall–Kier alpha value is -1.29. The summed E-state index contributed by atoms with van der Waals surface area (Å²) in [6, 6.07) is -0.0839. The van der Waals surface area contributed by atoms with E-state index in [1.165, 1.54) is 7.11 Å². The highest BCUT2D eigenvalue weighted by Crippen LogP contribution is 2.22. The van der Waals surface area contributed by atoms with Crippen molar-refractivity contribution in [2.45, 2.75) is 40.5 Å². The van der Waals surface area contributed by atoms with Gasteiger partial charge >= 0.3 is 11.9 Å². The SMILES string of the molecule is C=CCC(C)(C)C(=O)OC.C=CCC(C)(C)C(=O)OCCl. The average Bonchev–Trinajstić information content (AvgIpc) is 2.38. The highest BCUT2D eigenvalue weighted by molar-refractivity contribution is 6.17. The van der Waals surface area contributed by atoms with Crippen LogP contribution in [0.25, 0.3) is 0 Å². The van der Waals surface area contributed by atoms with Gasteiger partial charge in [-0.15, -0.1) is 13.2 Å². The molecule has 0 unspecified atom stereocenters. The van der Waals surface area contributed by atoms with Gasteiger partial charge in [-0.25, -0.2) is 0 Å². The number of carbonyl (C=O) groups excluding carboxylic acids is 2. The van der Waals surface area contributed by atoms with E-state index in [0.717, 1.165) is 0 Å². The van der Waals surface area contributed by atoms with E-state index in [9.17, 15) is 9.59 Å². The molecule has 21 heavy (non-hydrogen) atoms. The summed E-state index contributed by atoms with van der Waals surface area (Å²) in [6.45, 7) is 14.4. The number of hydrogen-bond donors (Lipinski definition) is 0. The van der Waals surface area contributed by atoms with Crippen molar-refractivity contribution < 1.29 is 19.1 Å². The normalized spacial score (nSPS) is 10.8. The second-order valence-corrected chi connectivity index (χ2v) is 6.00. The van der Waals surface area contributed by atoms with Gasteiger partial charge in [0.25, 0.3) is 0 Å². The van der Waals surface area contributed by atoms with Crippen molar-refractivity contribution in [2.75, 3.05) is 13.2 Å². The zero-order valence-corrected chi connectivity index (χ0v) is 14.5. The molecular formula is C16H27ClO4. The van der Waals surface area contributed by atoms with Gasteiger partial charge in [0.05, 0.1) is 17.9 Å². The molecule has 5 heteroatoms. The summed E-state index contributed by atoms with van der Waals surface area (Å²) in [7, 11) is 1.40. The first-order valence-electron chi connectivity index (χ1n) is 6.62. The number of rotatable bonds is 7. The third kappa shape index (κ3) is 9.29. The van der Waals surface area contributed by atoms with Crippen LogP contribution in [0.5, 0.6) is 0 Å². The van der Waals surface area contributed by atoms with Gasteiger partial charge in [-0.2, -0.15) is 0 Å². The third-order valence-electron chi connectivity index (χ3n) is 2.79. The van der Waals surface area contributed by atoms with Gasteiger partial charge in [-0.1, -0.05) is 23.8 Å². The topological polar surface area (TPSA) is 52.6 Å². The Morgan fingerprint density at radius 3 is 1.67 bits per heavy atom. The number of alkyl halides is 1. The van der Waals surface area contributed by atoms with Crippen molar-refractivity contribution in [1.29, 1.82) is 0 Å². The largest absolute Gasteiger partial charge is 0.469 e. The number of methoxy groups -OCH3 is 1. The van der Waals surface area contributed by atoms with Gasteiger partial charge in [0.2, 0.25) is 0 Å². The maximum absolute atomic E-state index is 11.1. The molecule has 0 saturated carbocycles. The molecule has 122 valence electrons. The summed E-state index contributed by atoms with van der Waals surface area (Å²) < 4.78 is 9.22. The molecule has 4 nitrogen and oxygen atoms in total. The maximum atomic E-state index is 11.1. The Balaban J connectivity index is 0. The summed E-state index contributed by atoms with van der Waals surface area (Å²) in [6.07, 6.45) is 4.66. The van der Waals surface area contributed by atoms with E-state index in [1.807, 2.05) is 13.8 Å². The Morgan fingerprint density at radius 2 is 1.38 bits per heavy atom. The van der Waals surface area contributed by atoms with E-state index in [1.54, 1.807) is 26.0 Å². The molecule has 0 aliphatic heterocycles. The maximum Gasteiger partial charge on any atom is 0.313 e. The van der Waals surface area contributed by atoms with Crippen molar-refractivity contribution in [2.24, 2.45) is 10.8 Å². The van der Waals surface area contributed by atoms with E-state index in [4.69, 9.17) is 11.6 Å². The lowest BCUT2D eigenvalue weighted by molar-refractivity contribution is -0.151. The number of allylic oxidation sites excluding steroid dienone is 2. The molecule has 0 rings (SSSR count). The van der Waals surface area contributed by atoms with Crippen LogP contribution in [-0.4, -0.2) is 25.1 Å². The molecule has 0 saturated heterocycles. The first kappa shape index (κ1) is 22.0. The fourth-order valence-corrected chi connectivity index (χ4v) is 1.51. The molecule has 0 fully saturated rings. The lowest BCUT2D eigenvalue weighted by atomic mass is 9.90.